The second kappa shape index (κ2) is 5.34. The summed E-state index contributed by atoms with van der Waals surface area (Å²) in [6.45, 7) is 2.20. The summed E-state index contributed by atoms with van der Waals surface area (Å²) in [4.78, 5) is 32.9. The molecule has 0 fully saturated rings. The summed E-state index contributed by atoms with van der Waals surface area (Å²) in [5, 5.41) is 4.84. The molecule has 0 aliphatic heterocycles. The van der Waals surface area contributed by atoms with Crippen LogP contribution in [0.3, 0.4) is 0 Å². The number of nitrogens with one attached hydrogen (secondary N) is 2. The van der Waals surface area contributed by atoms with Crippen LogP contribution in [-0.4, -0.2) is 26.1 Å². The highest BCUT2D eigenvalue weighted by molar-refractivity contribution is 7.15. The van der Waals surface area contributed by atoms with Crippen molar-refractivity contribution in [1.29, 1.82) is 0 Å². The molecule has 0 bridgehead atoms. The molecule has 1 aliphatic rings. The van der Waals surface area contributed by atoms with Gasteiger partial charge < -0.3 is 10.3 Å². The minimum absolute atomic E-state index is 0.133. The van der Waals surface area contributed by atoms with Crippen LogP contribution in [0, 0.1) is 6.92 Å². The van der Waals surface area contributed by atoms with Crippen LogP contribution in [0.4, 0.5) is 0 Å². The Bertz CT molecular complexity index is 889. The highest BCUT2D eigenvalue weighted by atomic mass is 32.1. The van der Waals surface area contributed by atoms with E-state index in [1.165, 1.54) is 0 Å². The Balaban J connectivity index is 1.53. The molecule has 0 aromatic carbocycles. The Hall–Kier alpha value is -2.41. The number of nitrogens with zero attached hydrogens (tertiary/aromatic N) is 2. The zero-order valence-corrected chi connectivity index (χ0v) is 13.5. The van der Waals surface area contributed by atoms with Gasteiger partial charge in [0.05, 0.1) is 12.2 Å². The Labute approximate surface area is 136 Å². The molecule has 1 aliphatic carbocycles. The Morgan fingerprint density at radius 2 is 2.35 bits per heavy atom. The molecule has 4 rings (SSSR count). The molecule has 0 saturated heterocycles. The number of aromatic nitrogens is 3. The summed E-state index contributed by atoms with van der Waals surface area (Å²) < 4.78 is 1.93. The molecule has 6 nitrogen and oxygen atoms in total. The van der Waals surface area contributed by atoms with Gasteiger partial charge in [0.2, 0.25) is 0 Å². The Kier molecular flexibility index (Phi) is 3.30. The number of hydrogen-bond acceptors (Lipinski definition) is 4. The van der Waals surface area contributed by atoms with E-state index in [0.29, 0.717) is 24.2 Å². The first-order valence-corrected chi connectivity index (χ1v) is 8.45. The predicted octanol–water partition coefficient (Wildman–Crippen LogP) is 2.48. The normalized spacial score (nSPS) is 14.2. The van der Waals surface area contributed by atoms with Crippen LogP contribution < -0.4 is 5.32 Å². The number of hydrogen-bond donors (Lipinski definition) is 2. The Morgan fingerprint density at radius 1 is 1.48 bits per heavy atom. The van der Waals surface area contributed by atoms with Crippen molar-refractivity contribution in [1.82, 2.24) is 19.7 Å². The fraction of sp³-hybridized carbons (Fsp3) is 0.312. The van der Waals surface area contributed by atoms with Crippen molar-refractivity contribution in [2.45, 2.75) is 32.7 Å². The molecule has 0 unspecified atom stereocenters. The second-order valence-corrected chi connectivity index (χ2v) is 6.64. The first-order valence-electron chi connectivity index (χ1n) is 7.57. The third-order valence-electron chi connectivity index (χ3n) is 4.24. The number of carbonyl (C=O) groups excluding carboxylic acids is 2. The maximum Gasteiger partial charge on any atom is 0.268 e. The van der Waals surface area contributed by atoms with Gasteiger partial charge in [-0.1, -0.05) is 0 Å². The van der Waals surface area contributed by atoms with Crippen LogP contribution in [0.2, 0.25) is 0 Å². The zero-order chi connectivity index (χ0) is 16.0. The van der Waals surface area contributed by atoms with Gasteiger partial charge in [-0.3, -0.25) is 14.0 Å². The predicted molar refractivity (Wildman–Crippen MR) is 87.0 cm³/mol. The van der Waals surface area contributed by atoms with E-state index >= 15 is 0 Å². The topological polar surface area (TPSA) is 79.3 Å². The summed E-state index contributed by atoms with van der Waals surface area (Å²) in [7, 11) is 0. The molecule has 2 N–H and O–H groups in total. The summed E-state index contributed by atoms with van der Waals surface area (Å²) in [5.74, 6) is -0.0607. The van der Waals surface area contributed by atoms with Crippen molar-refractivity contribution in [3.8, 4) is 0 Å². The molecular formula is C16H16N4O2S. The third kappa shape index (κ3) is 2.37. The van der Waals surface area contributed by atoms with Crippen molar-refractivity contribution < 1.29 is 9.59 Å². The average Bonchev–Trinajstić information content (AvgIpc) is 3.18. The lowest BCUT2D eigenvalue weighted by atomic mass is 9.94. The van der Waals surface area contributed by atoms with Crippen LogP contribution >= 0.6 is 11.3 Å². The number of amides is 1. The van der Waals surface area contributed by atoms with E-state index in [1.807, 2.05) is 29.1 Å². The molecule has 0 spiro atoms. The SMILES string of the molecule is Cc1c(C(=O)NCc2cn3ccsc3n2)[nH]c2c1C(=O)CCC2. The third-order valence-corrected chi connectivity index (χ3v) is 5.01. The number of ketones is 1. The number of aryl methyl sites for hydroxylation is 1. The zero-order valence-electron chi connectivity index (χ0n) is 12.7. The van der Waals surface area contributed by atoms with Crippen LogP contribution in [0.1, 0.15) is 50.6 Å². The lowest BCUT2D eigenvalue weighted by molar-refractivity contribution is 0.0944. The van der Waals surface area contributed by atoms with E-state index in [1.54, 1.807) is 11.3 Å². The number of imidazole rings is 1. The fourth-order valence-corrected chi connectivity index (χ4v) is 3.84. The molecule has 23 heavy (non-hydrogen) atoms. The maximum absolute atomic E-state index is 12.4. The number of fused-ring (bicyclic) bond motifs is 2. The number of carbonyl (C=O) groups is 2. The summed E-state index contributed by atoms with van der Waals surface area (Å²) >= 11 is 1.56. The number of H-pyrrole nitrogens is 1. The van der Waals surface area contributed by atoms with Crippen molar-refractivity contribution in [2.24, 2.45) is 0 Å². The molecule has 0 saturated carbocycles. The fourth-order valence-electron chi connectivity index (χ4n) is 3.12. The average molecular weight is 328 g/mol. The summed E-state index contributed by atoms with van der Waals surface area (Å²) in [6, 6.07) is 0. The lowest BCUT2D eigenvalue weighted by Gasteiger charge is -2.09. The standard InChI is InChI=1S/C16H16N4O2S/c1-9-13-11(3-2-4-12(13)21)19-14(9)15(22)17-7-10-8-20-5-6-23-16(20)18-10/h5-6,8,19H,2-4,7H2,1H3,(H,17,22). The van der Waals surface area contributed by atoms with Crippen molar-refractivity contribution in [3.05, 3.63) is 46.0 Å². The van der Waals surface area contributed by atoms with Gasteiger partial charge in [-0.15, -0.1) is 11.3 Å². The van der Waals surface area contributed by atoms with Crippen molar-refractivity contribution >= 4 is 28.0 Å². The van der Waals surface area contributed by atoms with Gasteiger partial charge in [0.15, 0.2) is 10.7 Å². The number of aromatic amines is 1. The summed E-state index contributed by atoms with van der Waals surface area (Å²) in [5.41, 5.74) is 3.67. The first kappa shape index (κ1) is 14.2. The minimum Gasteiger partial charge on any atom is -0.354 e. The van der Waals surface area contributed by atoms with E-state index in [0.717, 1.165) is 34.8 Å². The van der Waals surface area contributed by atoms with Gasteiger partial charge in [0, 0.05) is 35.5 Å². The smallest absolute Gasteiger partial charge is 0.268 e. The second-order valence-electron chi connectivity index (χ2n) is 5.76. The number of thiazole rings is 1. The first-order chi connectivity index (χ1) is 11.1. The highest BCUT2D eigenvalue weighted by Crippen LogP contribution is 2.26. The highest BCUT2D eigenvalue weighted by Gasteiger charge is 2.26. The molecule has 118 valence electrons. The van der Waals surface area contributed by atoms with Crippen LogP contribution in [-0.2, 0) is 13.0 Å². The molecule has 7 heteroatoms. The van der Waals surface area contributed by atoms with Crippen molar-refractivity contribution in [3.63, 3.8) is 0 Å². The van der Waals surface area contributed by atoms with Gasteiger partial charge in [0.25, 0.3) is 5.91 Å². The lowest BCUT2D eigenvalue weighted by Crippen LogP contribution is -2.24. The van der Waals surface area contributed by atoms with Gasteiger partial charge in [-0.25, -0.2) is 4.98 Å². The largest absolute Gasteiger partial charge is 0.354 e. The van der Waals surface area contributed by atoms with Crippen molar-refractivity contribution in [2.75, 3.05) is 0 Å². The van der Waals surface area contributed by atoms with E-state index in [-0.39, 0.29) is 11.7 Å². The molecule has 3 heterocycles. The Morgan fingerprint density at radius 3 is 3.13 bits per heavy atom. The molecule has 0 radical (unpaired) electrons. The molecule has 0 atom stereocenters. The van der Waals surface area contributed by atoms with Gasteiger partial charge in [-0.2, -0.15) is 0 Å². The number of Topliss-reactive ketones (excluding diaryl/α,β-unsaturated/α-hetero) is 1. The van der Waals surface area contributed by atoms with Gasteiger partial charge in [0.1, 0.15) is 5.69 Å². The van der Waals surface area contributed by atoms with E-state index < -0.39 is 0 Å². The maximum atomic E-state index is 12.4. The molecule has 1 amide bonds. The molecule has 3 aromatic heterocycles. The summed E-state index contributed by atoms with van der Waals surface area (Å²) in [6.07, 6.45) is 6.08. The van der Waals surface area contributed by atoms with Crippen LogP contribution in [0.25, 0.3) is 4.96 Å². The van der Waals surface area contributed by atoms with Gasteiger partial charge >= 0.3 is 0 Å². The molecular weight excluding hydrogens is 312 g/mol. The van der Waals surface area contributed by atoms with Crippen LogP contribution in [0.15, 0.2) is 17.8 Å². The molecule has 3 aromatic rings. The minimum atomic E-state index is -0.193. The van der Waals surface area contributed by atoms with E-state index in [2.05, 4.69) is 15.3 Å². The van der Waals surface area contributed by atoms with Gasteiger partial charge in [-0.05, 0) is 25.3 Å². The van der Waals surface area contributed by atoms with E-state index in [9.17, 15) is 9.59 Å². The van der Waals surface area contributed by atoms with E-state index in [4.69, 9.17) is 0 Å². The quantitative estimate of drug-likeness (QED) is 0.775. The monoisotopic (exact) mass is 328 g/mol. The van der Waals surface area contributed by atoms with Crippen LogP contribution in [0.5, 0.6) is 0 Å². The number of rotatable bonds is 3.